The molecule has 1 N–H and O–H groups in total. The lowest BCUT2D eigenvalue weighted by Gasteiger charge is -2.11. The molecule has 0 fully saturated rings. The molecule has 6 heteroatoms. The fourth-order valence-electron chi connectivity index (χ4n) is 1.73. The van der Waals surface area contributed by atoms with Gasteiger partial charge in [0.25, 0.3) is 5.56 Å². The van der Waals surface area contributed by atoms with E-state index in [9.17, 15) is 9.90 Å². The van der Waals surface area contributed by atoms with Crippen molar-refractivity contribution in [1.82, 2.24) is 9.78 Å². The van der Waals surface area contributed by atoms with Gasteiger partial charge in [-0.05, 0) is 17.4 Å². The smallest absolute Gasteiger partial charge is 0.288 e. The van der Waals surface area contributed by atoms with Crippen molar-refractivity contribution >= 4 is 11.3 Å². The summed E-state index contributed by atoms with van der Waals surface area (Å²) < 4.78 is 1.25. The van der Waals surface area contributed by atoms with Gasteiger partial charge in [0.15, 0.2) is 11.3 Å². The Hall–Kier alpha value is -2.13. The molecule has 0 aliphatic carbocycles. The summed E-state index contributed by atoms with van der Waals surface area (Å²) in [6, 6.07) is 3.55. The number of rotatable bonds is 3. The number of aromatic hydroxyl groups is 1. The average Bonchev–Trinajstić information content (AvgIpc) is 2.86. The molecule has 0 radical (unpaired) electrons. The van der Waals surface area contributed by atoms with Crippen LogP contribution in [-0.4, -0.2) is 14.9 Å². The molecule has 5 nitrogen and oxygen atoms in total. The van der Waals surface area contributed by atoms with E-state index in [-0.39, 0.29) is 22.9 Å². The van der Waals surface area contributed by atoms with E-state index in [4.69, 9.17) is 5.26 Å². The summed E-state index contributed by atoms with van der Waals surface area (Å²) >= 11 is 1.46. The summed E-state index contributed by atoms with van der Waals surface area (Å²) in [5, 5.41) is 26.9. The van der Waals surface area contributed by atoms with Crippen LogP contribution < -0.4 is 5.56 Å². The molecular weight excluding hydrogens is 262 g/mol. The largest absolute Gasteiger partial charge is 0.504 e. The van der Waals surface area contributed by atoms with E-state index < -0.39 is 5.56 Å². The first kappa shape index (κ1) is 13.3. The maximum Gasteiger partial charge on any atom is 0.288 e. The fourth-order valence-corrected chi connectivity index (χ4v) is 2.37. The second-order valence-electron chi connectivity index (χ2n) is 4.58. The molecule has 0 aromatic carbocycles. The maximum absolute atomic E-state index is 12.0. The normalized spacial score (nSPS) is 10.6. The Labute approximate surface area is 114 Å². The average molecular weight is 275 g/mol. The Bertz CT molecular complexity index is 681. The van der Waals surface area contributed by atoms with Gasteiger partial charge in [0, 0.05) is 17.5 Å². The van der Waals surface area contributed by atoms with E-state index in [1.165, 1.54) is 16.0 Å². The van der Waals surface area contributed by atoms with Gasteiger partial charge >= 0.3 is 0 Å². The van der Waals surface area contributed by atoms with Gasteiger partial charge < -0.3 is 5.11 Å². The van der Waals surface area contributed by atoms with Gasteiger partial charge in [-0.2, -0.15) is 21.7 Å². The van der Waals surface area contributed by atoms with Crippen molar-refractivity contribution in [3.63, 3.8) is 0 Å². The van der Waals surface area contributed by atoms with Crippen LogP contribution in [0.2, 0.25) is 0 Å². The molecule has 0 saturated heterocycles. The van der Waals surface area contributed by atoms with Crippen molar-refractivity contribution in [3.8, 4) is 23.1 Å². The van der Waals surface area contributed by atoms with Crippen molar-refractivity contribution in [3.05, 3.63) is 32.7 Å². The molecule has 0 amide bonds. The van der Waals surface area contributed by atoms with E-state index >= 15 is 0 Å². The van der Waals surface area contributed by atoms with Gasteiger partial charge in [-0.25, -0.2) is 4.68 Å². The van der Waals surface area contributed by atoms with Gasteiger partial charge in [0.1, 0.15) is 11.8 Å². The minimum absolute atomic E-state index is 0.219. The van der Waals surface area contributed by atoms with E-state index in [2.05, 4.69) is 5.10 Å². The second-order valence-corrected chi connectivity index (χ2v) is 5.36. The zero-order valence-corrected chi connectivity index (χ0v) is 11.4. The lowest BCUT2D eigenvalue weighted by molar-refractivity contribution is 0.436. The van der Waals surface area contributed by atoms with Gasteiger partial charge in [-0.3, -0.25) is 4.79 Å². The Balaban J connectivity index is 2.69. The molecule has 2 aromatic rings. The molecule has 0 spiro atoms. The van der Waals surface area contributed by atoms with Crippen LogP contribution in [-0.2, 0) is 6.54 Å². The number of aromatic nitrogens is 2. The summed E-state index contributed by atoms with van der Waals surface area (Å²) in [6.07, 6.45) is 0. The third-order valence-electron chi connectivity index (χ3n) is 2.57. The summed E-state index contributed by atoms with van der Waals surface area (Å²) in [5.41, 5.74) is 0.180. The lowest BCUT2D eigenvalue weighted by Crippen LogP contribution is -2.27. The topological polar surface area (TPSA) is 78.9 Å². The highest BCUT2D eigenvalue weighted by atomic mass is 32.1. The molecule has 0 aliphatic heterocycles. The first-order valence-corrected chi connectivity index (χ1v) is 6.75. The number of thiophene rings is 1. The molecule has 0 atom stereocenters. The summed E-state index contributed by atoms with van der Waals surface area (Å²) in [6.45, 7) is 4.32. The van der Waals surface area contributed by atoms with Crippen molar-refractivity contribution in [2.75, 3.05) is 0 Å². The summed E-state index contributed by atoms with van der Waals surface area (Å²) in [5.74, 6) is -0.123. The van der Waals surface area contributed by atoms with Crippen LogP contribution in [0, 0.1) is 17.2 Å². The van der Waals surface area contributed by atoms with E-state index in [0.717, 1.165) is 0 Å². The number of nitriles is 1. The zero-order chi connectivity index (χ0) is 14.0. The van der Waals surface area contributed by atoms with Crippen LogP contribution in [0.5, 0.6) is 5.75 Å². The first-order chi connectivity index (χ1) is 9.04. The number of hydrogen-bond donors (Lipinski definition) is 1. The Morgan fingerprint density at radius 3 is 2.84 bits per heavy atom. The Morgan fingerprint density at radius 1 is 1.58 bits per heavy atom. The summed E-state index contributed by atoms with van der Waals surface area (Å²) in [7, 11) is 0. The highest BCUT2D eigenvalue weighted by Crippen LogP contribution is 2.29. The van der Waals surface area contributed by atoms with Crippen LogP contribution in [0.25, 0.3) is 11.3 Å². The van der Waals surface area contributed by atoms with Crippen LogP contribution >= 0.6 is 11.3 Å². The molecule has 2 heterocycles. The summed E-state index contributed by atoms with van der Waals surface area (Å²) in [4.78, 5) is 12.0. The molecule has 2 rings (SSSR count). The SMILES string of the molecule is CC(C)Cn1nc(-c2ccsc2)c(O)c(C#N)c1=O. The second kappa shape index (κ2) is 5.24. The van der Waals surface area contributed by atoms with Crippen molar-refractivity contribution in [1.29, 1.82) is 5.26 Å². The number of nitrogens with zero attached hydrogens (tertiary/aromatic N) is 3. The molecule has 0 aliphatic rings. The zero-order valence-electron chi connectivity index (χ0n) is 10.6. The fraction of sp³-hybridized carbons (Fsp3) is 0.308. The molecule has 2 aromatic heterocycles. The highest BCUT2D eigenvalue weighted by Gasteiger charge is 2.18. The predicted molar refractivity (Wildman–Crippen MR) is 73.0 cm³/mol. The highest BCUT2D eigenvalue weighted by molar-refractivity contribution is 7.08. The molecule has 0 unspecified atom stereocenters. The quantitative estimate of drug-likeness (QED) is 0.931. The minimum Gasteiger partial charge on any atom is -0.504 e. The minimum atomic E-state index is -0.548. The monoisotopic (exact) mass is 275 g/mol. The Kier molecular flexibility index (Phi) is 3.67. The molecular formula is C13H13N3O2S. The van der Waals surface area contributed by atoms with Crippen LogP contribution in [0.1, 0.15) is 19.4 Å². The van der Waals surface area contributed by atoms with Crippen LogP contribution in [0.3, 0.4) is 0 Å². The third-order valence-corrected chi connectivity index (χ3v) is 3.26. The van der Waals surface area contributed by atoms with Gasteiger partial charge in [-0.1, -0.05) is 13.8 Å². The molecule has 19 heavy (non-hydrogen) atoms. The molecule has 98 valence electrons. The molecule has 0 saturated carbocycles. The van der Waals surface area contributed by atoms with Gasteiger partial charge in [0.2, 0.25) is 0 Å². The van der Waals surface area contributed by atoms with E-state index in [1.54, 1.807) is 12.1 Å². The van der Waals surface area contributed by atoms with Crippen molar-refractivity contribution < 1.29 is 5.11 Å². The Morgan fingerprint density at radius 2 is 2.32 bits per heavy atom. The van der Waals surface area contributed by atoms with Crippen molar-refractivity contribution in [2.45, 2.75) is 20.4 Å². The molecule has 0 bridgehead atoms. The predicted octanol–water partition coefficient (Wildman–Crippen LogP) is 2.21. The van der Waals surface area contributed by atoms with Gasteiger partial charge in [-0.15, -0.1) is 0 Å². The standard InChI is InChI=1S/C13H13N3O2S/c1-8(2)6-16-13(18)10(5-14)12(17)11(15-16)9-3-4-19-7-9/h3-4,7-8,17H,6H2,1-2H3. The van der Waals surface area contributed by atoms with E-state index in [0.29, 0.717) is 12.1 Å². The van der Waals surface area contributed by atoms with Crippen molar-refractivity contribution in [2.24, 2.45) is 5.92 Å². The maximum atomic E-state index is 12.0. The van der Waals surface area contributed by atoms with Gasteiger partial charge in [0.05, 0.1) is 0 Å². The lowest BCUT2D eigenvalue weighted by atomic mass is 10.1. The third kappa shape index (κ3) is 2.51. The van der Waals surface area contributed by atoms with E-state index in [1.807, 2.05) is 24.6 Å². The first-order valence-electron chi connectivity index (χ1n) is 5.81. The van der Waals surface area contributed by atoms with Crippen LogP contribution in [0.4, 0.5) is 0 Å². The van der Waals surface area contributed by atoms with Crippen LogP contribution in [0.15, 0.2) is 21.6 Å². The number of hydrogen-bond acceptors (Lipinski definition) is 5.